The Kier molecular flexibility index (Phi) is 2.57. The van der Waals surface area contributed by atoms with Crippen molar-refractivity contribution in [2.24, 2.45) is 0 Å². The number of rotatable bonds is 2. The Morgan fingerprint density at radius 1 is 0.944 bits per heavy atom. The number of carbonyl (C=O) groups excluding carboxylic acids is 1. The molecular weight excluding hydrogens is 226 g/mol. The standard InChI is InChI=1S/C15H11NO2/c17-15(14-9-4-10-18-14)16-13-8-3-6-11-5-1-2-7-12(11)13/h1-10H,(H,16,17). The molecule has 3 rings (SSSR count). The molecule has 1 heterocycles. The predicted octanol–water partition coefficient (Wildman–Crippen LogP) is 3.69. The van der Waals surface area contributed by atoms with E-state index in [1.54, 1.807) is 12.1 Å². The minimum Gasteiger partial charge on any atom is -0.459 e. The summed E-state index contributed by atoms with van der Waals surface area (Å²) in [6, 6.07) is 17.1. The van der Waals surface area contributed by atoms with Gasteiger partial charge in [0, 0.05) is 11.1 Å². The number of anilines is 1. The zero-order valence-corrected chi connectivity index (χ0v) is 9.59. The van der Waals surface area contributed by atoms with Gasteiger partial charge in [0.1, 0.15) is 0 Å². The highest BCUT2D eigenvalue weighted by atomic mass is 16.3. The number of carbonyl (C=O) groups is 1. The van der Waals surface area contributed by atoms with Crippen LogP contribution < -0.4 is 5.32 Å². The Labute approximate surface area is 104 Å². The molecule has 18 heavy (non-hydrogen) atoms. The highest BCUT2D eigenvalue weighted by Gasteiger charge is 2.09. The van der Waals surface area contributed by atoms with Crippen LogP contribution in [0.2, 0.25) is 0 Å². The maximum atomic E-state index is 11.9. The number of fused-ring (bicyclic) bond motifs is 1. The van der Waals surface area contributed by atoms with E-state index >= 15 is 0 Å². The van der Waals surface area contributed by atoms with Crippen molar-refractivity contribution in [3.05, 3.63) is 66.6 Å². The topological polar surface area (TPSA) is 42.2 Å². The van der Waals surface area contributed by atoms with E-state index in [2.05, 4.69) is 5.32 Å². The molecule has 1 amide bonds. The lowest BCUT2D eigenvalue weighted by molar-refractivity contribution is 0.0997. The first-order valence-corrected chi connectivity index (χ1v) is 5.67. The summed E-state index contributed by atoms with van der Waals surface area (Å²) in [5.41, 5.74) is 0.787. The normalized spacial score (nSPS) is 10.4. The maximum absolute atomic E-state index is 11.9. The highest BCUT2D eigenvalue weighted by Crippen LogP contribution is 2.23. The second-order valence-electron chi connectivity index (χ2n) is 3.96. The lowest BCUT2D eigenvalue weighted by Crippen LogP contribution is -2.10. The van der Waals surface area contributed by atoms with Crippen LogP contribution in [-0.2, 0) is 0 Å². The molecule has 3 aromatic rings. The van der Waals surface area contributed by atoms with Crippen LogP contribution in [0.1, 0.15) is 10.6 Å². The molecule has 3 nitrogen and oxygen atoms in total. The fourth-order valence-electron chi connectivity index (χ4n) is 1.93. The first-order valence-electron chi connectivity index (χ1n) is 5.67. The lowest BCUT2D eigenvalue weighted by Gasteiger charge is -2.07. The molecule has 0 atom stereocenters. The average Bonchev–Trinajstić information content (AvgIpc) is 2.93. The van der Waals surface area contributed by atoms with Crippen molar-refractivity contribution in [1.82, 2.24) is 0 Å². The van der Waals surface area contributed by atoms with E-state index in [0.717, 1.165) is 16.5 Å². The Balaban J connectivity index is 1.98. The number of benzene rings is 2. The van der Waals surface area contributed by atoms with Gasteiger partial charge in [-0.2, -0.15) is 0 Å². The third kappa shape index (κ3) is 1.86. The van der Waals surface area contributed by atoms with E-state index in [-0.39, 0.29) is 5.91 Å². The minimum absolute atomic E-state index is 0.239. The first kappa shape index (κ1) is 10.6. The lowest BCUT2D eigenvalue weighted by atomic mass is 10.1. The predicted molar refractivity (Wildman–Crippen MR) is 70.6 cm³/mol. The van der Waals surface area contributed by atoms with E-state index in [4.69, 9.17) is 4.42 Å². The third-order valence-corrected chi connectivity index (χ3v) is 2.78. The van der Waals surface area contributed by atoms with Gasteiger partial charge in [-0.1, -0.05) is 36.4 Å². The molecule has 0 fully saturated rings. The molecule has 1 N–H and O–H groups in total. The quantitative estimate of drug-likeness (QED) is 0.738. The van der Waals surface area contributed by atoms with E-state index in [1.165, 1.54) is 6.26 Å². The molecule has 0 saturated heterocycles. The molecule has 0 radical (unpaired) electrons. The summed E-state index contributed by atoms with van der Waals surface area (Å²) < 4.78 is 5.07. The summed E-state index contributed by atoms with van der Waals surface area (Å²) in [4.78, 5) is 11.9. The third-order valence-electron chi connectivity index (χ3n) is 2.78. The van der Waals surface area contributed by atoms with E-state index in [0.29, 0.717) is 5.76 Å². The maximum Gasteiger partial charge on any atom is 0.291 e. The van der Waals surface area contributed by atoms with Gasteiger partial charge in [-0.15, -0.1) is 0 Å². The van der Waals surface area contributed by atoms with Gasteiger partial charge in [0.25, 0.3) is 5.91 Å². The van der Waals surface area contributed by atoms with Crippen LogP contribution in [0.15, 0.2) is 65.3 Å². The van der Waals surface area contributed by atoms with Gasteiger partial charge in [-0.25, -0.2) is 0 Å². The molecule has 0 bridgehead atoms. The SMILES string of the molecule is O=C(Nc1cccc2ccccc12)c1ccco1. The van der Waals surface area contributed by atoms with Crippen LogP contribution in [0.5, 0.6) is 0 Å². The summed E-state index contributed by atoms with van der Waals surface area (Å²) in [5.74, 6) is 0.0688. The molecule has 0 aliphatic rings. The molecule has 0 unspecified atom stereocenters. The largest absolute Gasteiger partial charge is 0.459 e. The van der Waals surface area contributed by atoms with Gasteiger partial charge in [-0.3, -0.25) is 4.79 Å². The molecular formula is C15H11NO2. The van der Waals surface area contributed by atoms with Crippen LogP contribution in [0.25, 0.3) is 10.8 Å². The molecule has 88 valence electrons. The Morgan fingerprint density at radius 2 is 1.78 bits per heavy atom. The van der Waals surface area contributed by atoms with Crippen molar-refractivity contribution in [2.45, 2.75) is 0 Å². The first-order chi connectivity index (χ1) is 8.84. The van der Waals surface area contributed by atoms with Crippen LogP contribution in [0.3, 0.4) is 0 Å². The van der Waals surface area contributed by atoms with Crippen molar-refractivity contribution >= 4 is 22.4 Å². The van der Waals surface area contributed by atoms with Crippen LogP contribution >= 0.6 is 0 Å². The molecule has 0 saturated carbocycles. The van der Waals surface area contributed by atoms with E-state index < -0.39 is 0 Å². The molecule has 3 heteroatoms. The monoisotopic (exact) mass is 237 g/mol. The van der Waals surface area contributed by atoms with Crippen molar-refractivity contribution in [2.75, 3.05) is 5.32 Å². The molecule has 0 spiro atoms. The molecule has 1 aromatic heterocycles. The Bertz CT molecular complexity index is 681. The van der Waals surface area contributed by atoms with Crippen molar-refractivity contribution in [3.8, 4) is 0 Å². The van der Waals surface area contributed by atoms with Crippen LogP contribution in [0.4, 0.5) is 5.69 Å². The Morgan fingerprint density at radius 3 is 2.61 bits per heavy atom. The van der Waals surface area contributed by atoms with Crippen molar-refractivity contribution in [1.29, 1.82) is 0 Å². The number of furan rings is 1. The van der Waals surface area contributed by atoms with Gasteiger partial charge in [-0.05, 0) is 23.6 Å². The zero-order chi connectivity index (χ0) is 12.4. The Hall–Kier alpha value is -2.55. The minimum atomic E-state index is -0.239. The van der Waals surface area contributed by atoms with Crippen molar-refractivity contribution < 1.29 is 9.21 Å². The van der Waals surface area contributed by atoms with Gasteiger partial charge in [0.05, 0.1) is 6.26 Å². The van der Waals surface area contributed by atoms with E-state index in [9.17, 15) is 4.79 Å². The highest BCUT2D eigenvalue weighted by molar-refractivity contribution is 6.07. The number of hydrogen-bond acceptors (Lipinski definition) is 2. The fourth-order valence-corrected chi connectivity index (χ4v) is 1.93. The summed E-state index contributed by atoms with van der Waals surface area (Å²) in [5, 5.41) is 4.96. The molecule has 0 aliphatic heterocycles. The zero-order valence-electron chi connectivity index (χ0n) is 9.59. The second kappa shape index (κ2) is 4.37. The summed E-state index contributed by atoms with van der Waals surface area (Å²) >= 11 is 0. The summed E-state index contributed by atoms with van der Waals surface area (Å²) in [6.45, 7) is 0. The van der Waals surface area contributed by atoms with Crippen molar-refractivity contribution in [3.63, 3.8) is 0 Å². The number of nitrogens with one attached hydrogen (secondary N) is 1. The van der Waals surface area contributed by atoms with Gasteiger partial charge < -0.3 is 9.73 Å². The summed E-state index contributed by atoms with van der Waals surface area (Å²) in [7, 11) is 0. The smallest absolute Gasteiger partial charge is 0.291 e. The average molecular weight is 237 g/mol. The summed E-state index contributed by atoms with van der Waals surface area (Å²) in [6.07, 6.45) is 1.48. The van der Waals surface area contributed by atoms with Gasteiger partial charge in [0.15, 0.2) is 5.76 Å². The van der Waals surface area contributed by atoms with Crippen LogP contribution in [-0.4, -0.2) is 5.91 Å². The van der Waals surface area contributed by atoms with Gasteiger partial charge >= 0.3 is 0 Å². The second-order valence-corrected chi connectivity index (χ2v) is 3.96. The molecule has 2 aromatic carbocycles. The number of hydrogen-bond donors (Lipinski definition) is 1. The van der Waals surface area contributed by atoms with Gasteiger partial charge in [0.2, 0.25) is 0 Å². The number of amides is 1. The van der Waals surface area contributed by atoms with Crippen LogP contribution in [0, 0.1) is 0 Å². The van der Waals surface area contributed by atoms with E-state index in [1.807, 2.05) is 42.5 Å². The molecule has 0 aliphatic carbocycles. The fraction of sp³-hybridized carbons (Fsp3) is 0.